The molecule has 0 radical (unpaired) electrons. The summed E-state index contributed by atoms with van der Waals surface area (Å²) in [7, 11) is 0. The van der Waals surface area contributed by atoms with Crippen LogP contribution in [0.2, 0.25) is 0 Å². The number of morpholine rings is 1. The summed E-state index contributed by atoms with van der Waals surface area (Å²) in [5.74, 6) is 0.525. The van der Waals surface area contributed by atoms with Crippen LogP contribution in [0.5, 0.6) is 0 Å². The van der Waals surface area contributed by atoms with Crippen LogP contribution in [0, 0.1) is 0 Å². The molecule has 2 saturated heterocycles. The molecule has 1 aromatic carbocycles. The van der Waals surface area contributed by atoms with E-state index in [0.29, 0.717) is 32.7 Å². The molecule has 0 aromatic heterocycles. The van der Waals surface area contributed by atoms with E-state index in [0.717, 1.165) is 32.4 Å². The van der Waals surface area contributed by atoms with Gasteiger partial charge in [-0.25, -0.2) is 4.79 Å². The predicted molar refractivity (Wildman–Crippen MR) is 112 cm³/mol. The summed E-state index contributed by atoms with van der Waals surface area (Å²) in [6, 6.07) is 8.86. The summed E-state index contributed by atoms with van der Waals surface area (Å²) in [6.45, 7) is 8.24. The van der Waals surface area contributed by atoms with E-state index in [1.54, 1.807) is 0 Å². The maximum absolute atomic E-state index is 12.9. The van der Waals surface area contributed by atoms with Crippen molar-refractivity contribution in [3.05, 3.63) is 35.4 Å². The molecule has 3 aliphatic rings. The number of fused-ring (bicyclic) bond motifs is 2. The molecule has 1 aromatic rings. The maximum atomic E-state index is 12.9. The van der Waals surface area contributed by atoms with Crippen LogP contribution in [0.15, 0.2) is 24.3 Å². The molecule has 29 heavy (non-hydrogen) atoms. The molecule has 1 N–H and O–H groups in total. The first-order valence-corrected chi connectivity index (χ1v) is 11.0. The van der Waals surface area contributed by atoms with Crippen molar-refractivity contribution in [2.45, 2.75) is 56.9 Å². The zero-order chi connectivity index (χ0) is 20.4. The Morgan fingerprint density at radius 3 is 2.48 bits per heavy atom. The fourth-order valence-electron chi connectivity index (χ4n) is 5.31. The van der Waals surface area contributed by atoms with Crippen molar-refractivity contribution >= 4 is 11.9 Å². The molecule has 6 nitrogen and oxygen atoms in total. The van der Waals surface area contributed by atoms with Gasteiger partial charge in [0.2, 0.25) is 5.91 Å². The minimum Gasteiger partial charge on any atom is -0.378 e. The van der Waals surface area contributed by atoms with E-state index in [1.165, 1.54) is 11.1 Å². The number of benzene rings is 1. The Bertz CT molecular complexity index is 749. The Labute approximate surface area is 173 Å². The molecule has 2 heterocycles. The van der Waals surface area contributed by atoms with E-state index in [4.69, 9.17) is 4.74 Å². The molecule has 1 aliphatic carbocycles. The third-order valence-corrected chi connectivity index (χ3v) is 6.81. The minimum atomic E-state index is 0.0418. The van der Waals surface area contributed by atoms with Gasteiger partial charge in [-0.1, -0.05) is 24.3 Å². The van der Waals surface area contributed by atoms with Gasteiger partial charge in [0.1, 0.15) is 0 Å². The summed E-state index contributed by atoms with van der Waals surface area (Å²) in [5, 5.41) is 3.01. The molecule has 158 valence electrons. The van der Waals surface area contributed by atoms with Gasteiger partial charge in [-0.3, -0.25) is 4.79 Å². The van der Waals surface area contributed by atoms with Gasteiger partial charge in [-0.2, -0.15) is 0 Å². The van der Waals surface area contributed by atoms with Crippen molar-refractivity contribution in [2.75, 3.05) is 39.4 Å². The molecule has 1 unspecified atom stereocenters. The molecular weight excluding hydrogens is 366 g/mol. The number of hydrogen-bond donors (Lipinski definition) is 1. The van der Waals surface area contributed by atoms with Gasteiger partial charge in [0.05, 0.1) is 13.2 Å². The Balaban J connectivity index is 1.46. The third kappa shape index (κ3) is 4.13. The number of ether oxygens (including phenoxy) is 1. The average Bonchev–Trinajstić information content (AvgIpc) is 3.02. The number of nitrogens with one attached hydrogen (secondary N) is 1. The molecule has 2 fully saturated rings. The minimum absolute atomic E-state index is 0.0418. The monoisotopic (exact) mass is 399 g/mol. The second-order valence-corrected chi connectivity index (χ2v) is 9.06. The van der Waals surface area contributed by atoms with E-state index in [1.807, 2.05) is 23.6 Å². The summed E-state index contributed by atoms with van der Waals surface area (Å²) < 4.78 is 5.39. The average molecular weight is 400 g/mol. The Kier molecular flexibility index (Phi) is 5.81. The van der Waals surface area contributed by atoms with Crippen molar-refractivity contribution in [1.82, 2.24) is 15.1 Å². The Morgan fingerprint density at radius 1 is 1.10 bits per heavy atom. The normalized spacial score (nSPS) is 23.3. The standard InChI is InChI=1S/C23H33N3O3/c1-17(2)24-22(28)26-9-7-23(8-10-26)16-18(19-5-3-4-6-20(19)23)15-21(27)25-11-13-29-14-12-25/h3-6,17-18H,7-16H2,1-2H3,(H,24,28). The third-order valence-electron chi connectivity index (χ3n) is 6.81. The summed E-state index contributed by atoms with van der Waals surface area (Å²) in [4.78, 5) is 29.2. The Hall–Kier alpha value is -2.08. The SMILES string of the molecule is CC(C)NC(=O)N1CCC2(CC1)CC(CC(=O)N1CCOCC1)c1ccccc12. The number of carbonyl (C=O) groups is 2. The molecular formula is C23H33N3O3. The number of piperidine rings is 1. The van der Waals surface area contributed by atoms with Crippen LogP contribution in [0.25, 0.3) is 0 Å². The van der Waals surface area contributed by atoms with Crippen molar-refractivity contribution in [1.29, 1.82) is 0 Å². The van der Waals surface area contributed by atoms with Gasteiger partial charge >= 0.3 is 6.03 Å². The molecule has 4 rings (SSSR count). The van der Waals surface area contributed by atoms with Crippen LogP contribution in [0.4, 0.5) is 4.79 Å². The first-order valence-electron chi connectivity index (χ1n) is 11.0. The lowest BCUT2D eigenvalue weighted by Crippen LogP contribution is -2.49. The predicted octanol–water partition coefficient (Wildman–Crippen LogP) is 2.87. The highest BCUT2D eigenvalue weighted by atomic mass is 16.5. The molecule has 0 saturated carbocycles. The van der Waals surface area contributed by atoms with Crippen molar-refractivity contribution in [3.8, 4) is 0 Å². The lowest BCUT2D eigenvalue weighted by Gasteiger charge is -2.40. The number of carbonyl (C=O) groups excluding carboxylic acids is 2. The van der Waals surface area contributed by atoms with Gasteiger partial charge in [0.15, 0.2) is 0 Å². The van der Waals surface area contributed by atoms with Crippen LogP contribution in [-0.2, 0) is 14.9 Å². The number of nitrogens with zero attached hydrogens (tertiary/aromatic N) is 2. The van der Waals surface area contributed by atoms with Crippen molar-refractivity contribution in [3.63, 3.8) is 0 Å². The van der Waals surface area contributed by atoms with E-state index >= 15 is 0 Å². The van der Waals surface area contributed by atoms with Gasteiger partial charge in [0, 0.05) is 38.6 Å². The van der Waals surface area contributed by atoms with E-state index < -0.39 is 0 Å². The molecule has 6 heteroatoms. The number of likely N-dealkylation sites (tertiary alicyclic amines) is 1. The zero-order valence-corrected chi connectivity index (χ0v) is 17.7. The van der Waals surface area contributed by atoms with Crippen molar-refractivity contribution in [2.24, 2.45) is 0 Å². The van der Waals surface area contributed by atoms with Crippen molar-refractivity contribution < 1.29 is 14.3 Å². The van der Waals surface area contributed by atoms with Gasteiger partial charge in [0.25, 0.3) is 0 Å². The topological polar surface area (TPSA) is 61.9 Å². The fourth-order valence-corrected chi connectivity index (χ4v) is 5.31. The van der Waals surface area contributed by atoms with E-state index in [9.17, 15) is 9.59 Å². The zero-order valence-electron chi connectivity index (χ0n) is 17.7. The maximum Gasteiger partial charge on any atom is 0.317 e. The van der Waals surface area contributed by atoms with E-state index in [2.05, 4.69) is 29.6 Å². The van der Waals surface area contributed by atoms with Crippen LogP contribution in [0.1, 0.15) is 56.6 Å². The van der Waals surface area contributed by atoms with Gasteiger partial charge in [-0.05, 0) is 55.6 Å². The quantitative estimate of drug-likeness (QED) is 0.850. The first-order chi connectivity index (χ1) is 14.0. The lowest BCUT2D eigenvalue weighted by molar-refractivity contribution is -0.135. The lowest BCUT2D eigenvalue weighted by atomic mass is 9.73. The fraction of sp³-hybridized carbons (Fsp3) is 0.652. The number of rotatable bonds is 3. The van der Waals surface area contributed by atoms with Gasteiger partial charge < -0.3 is 19.9 Å². The highest BCUT2D eigenvalue weighted by Gasteiger charge is 2.46. The highest BCUT2D eigenvalue weighted by molar-refractivity contribution is 5.78. The Morgan fingerprint density at radius 2 is 1.79 bits per heavy atom. The molecule has 2 aliphatic heterocycles. The second kappa shape index (κ2) is 8.34. The second-order valence-electron chi connectivity index (χ2n) is 9.06. The number of hydrogen-bond acceptors (Lipinski definition) is 3. The molecule has 1 atom stereocenters. The summed E-state index contributed by atoms with van der Waals surface area (Å²) in [5.41, 5.74) is 2.85. The molecule has 1 spiro atoms. The molecule has 0 bridgehead atoms. The van der Waals surface area contributed by atoms with E-state index in [-0.39, 0.29) is 29.3 Å². The van der Waals surface area contributed by atoms with Crippen LogP contribution in [-0.4, -0.2) is 67.2 Å². The number of urea groups is 1. The largest absolute Gasteiger partial charge is 0.378 e. The smallest absolute Gasteiger partial charge is 0.317 e. The number of amides is 3. The summed E-state index contributed by atoms with van der Waals surface area (Å²) >= 11 is 0. The first kappa shape index (κ1) is 20.2. The van der Waals surface area contributed by atoms with Crippen LogP contribution < -0.4 is 5.32 Å². The van der Waals surface area contributed by atoms with Crippen LogP contribution >= 0.6 is 0 Å². The highest BCUT2D eigenvalue weighted by Crippen LogP contribution is 2.52. The van der Waals surface area contributed by atoms with Crippen LogP contribution in [0.3, 0.4) is 0 Å². The molecule has 3 amide bonds. The van der Waals surface area contributed by atoms with Gasteiger partial charge in [-0.15, -0.1) is 0 Å². The summed E-state index contributed by atoms with van der Waals surface area (Å²) in [6.07, 6.45) is 3.54.